The number of nitrogens with one attached hydrogen (secondary N) is 2. The maximum atomic E-state index is 11.7. The third-order valence-corrected chi connectivity index (χ3v) is 2.21. The van der Waals surface area contributed by atoms with E-state index in [0.29, 0.717) is 17.8 Å². The van der Waals surface area contributed by atoms with E-state index >= 15 is 0 Å². The Balaban J connectivity index is 2.70. The quantitative estimate of drug-likeness (QED) is 0.455. The maximum absolute atomic E-state index is 11.7. The monoisotopic (exact) mass is 260 g/mol. The zero-order valence-electron chi connectivity index (χ0n) is 10.7. The van der Waals surface area contributed by atoms with Crippen molar-refractivity contribution in [1.29, 1.82) is 0 Å². The van der Waals surface area contributed by atoms with Crippen LogP contribution in [-0.2, 0) is 9.53 Å². The molecule has 19 heavy (non-hydrogen) atoms. The Morgan fingerprint density at radius 2 is 2.11 bits per heavy atom. The molecule has 1 aromatic carbocycles. The van der Waals surface area contributed by atoms with Crippen LogP contribution >= 0.6 is 0 Å². The van der Waals surface area contributed by atoms with Gasteiger partial charge in [-0.3, -0.25) is 10.1 Å². The maximum Gasteiger partial charge on any atom is 0.340 e. The van der Waals surface area contributed by atoms with Gasteiger partial charge in [-0.1, -0.05) is 18.1 Å². The van der Waals surface area contributed by atoms with Gasteiger partial charge >= 0.3 is 5.97 Å². The van der Waals surface area contributed by atoms with Crippen LogP contribution < -0.4 is 10.6 Å². The van der Waals surface area contributed by atoms with Gasteiger partial charge in [-0.05, 0) is 19.1 Å². The molecule has 5 heteroatoms. The van der Waals surface area contributed by atoms with Gasteiger partial charge in [0.25, 0.3) is 0 Å². The molecule has 0 aromatic heterocycles. The summed E-state index contributed by atoms with van der Waals surface area (Å²) >= 11 is 0. The largest absolute Gasteiger partial charge is 0.462 e. The lowest BCUT2D eigenvalue weighted by atomic mass is 10.2. The lowest BCUT2D eigenvalue weighted by Crippen LogP contribution is -2.28. The summed E-state index contributed by atoms with van der Waals surface area (Å²) in [6.07, 6.45) is 5.06. The zero-order valence-corrected chi connectivity index (χ0v) is 10.7. The number of ether oxygens (including phenoxy) is 1. The van der Waals surface area contributed by atoms with E-state index in [1.54, 1.807) is 31.2 Å². The highest BCUT2D eigenvalue weighted by Gasteiger charge is 2.13. The van der Waals surface area contributed by atoms with Crippen LogP contribution in [0.25, 0.3) is 0 Å². The van der Waals surface area contributed by atoms with Crippen LogP contribution in [0.4, 0.5) is 5.69 Å². The number of carbonyl (C=O) groups excluding carboxylic acids is 2. The van der Waals surface area contributed by atoms with Crippen LogP contribution in [0.2, 0.25) is 0 Å². The van der Waals surface area contributed by atoms with Crippen molar-refractivity contribution in [2.45, 2.75) is 6.92 Å². The van der Waals surface area contributed by atoms with Crippen molar-refractivity contribution in [3.8, 4) is 12.3 Å². The van der Waals surface area contributed by atoms with E-state index < -0.39 is 5.97 Å². The van der Waals surface area contributed by atoms with Gasteiger partial charge in [-0.2, -0.15) is 0 Å². The fraction of sp³-hybridized carbons (Fsp3) is 0.286. The Hall–Kier alpha value is -2.32. The van der Waals surface area contributed by atoms with E-state index in [1.807, 2.05) is 0 Å². The van der Waals surface area contributed by atoms with E-state index in [4.69, 9.17) is 11.2 Å². The van der Waals surface area contributed by atoms with Crippen LogP contribution in [0.5, 0.6) is 0 Å². The molecule has 0 aliphatic rings. The van der Waals surface area contributed by atoms with E-state index in [2.05, 4.69) is 16.6 Å². The third-order valence-electron chi connectivity index (χ3n) is 2.21. The highest BCUT2D eigenvalue weighted by atomic mass is 16.5. The van der Waals surface area contributed by atoms with Crippen molar-refractivity contribution < 1.29 is 14.3 Å². The second-order valence-electron chi connectivity index (χ2n) is 3.62. The molecule has 1 rings (SSSR count). The van der Waals surface area contributed by atoms with Gasteiger partial charge in [0.05, 0.1) is 30.9 Å². The number of hydrogen-bond acceptors (Lipinski definition) is 4. The van der Waals surface area contributed by atoms with Gasteiger partial charge in [-0.15, -0.1) is 6.42 Å². The average molecular weight is 260 g/mol. The number of carbonyl (C=O) groups is 2. The molecule has 0 spiro atoms. The zero-order chi connectivity index (χ0) is 14.1. The van der Waals surface area contributed by atoms with Gasteiger partial charge in [-0.25, -0.2) is 4.79 Å². The van der Waals surface area contributed by atoms with Crippen LogP contribution in [0.1, 0.15) is 17.3 Å². The molecular formula is C14H16N2O3. The highest BCUT2D eigenvalue weighted by molar-refractivity contribution is 6.01. The van der Waals surface area contributed by atoms with Crippen molar-refractivity contribution in [3.63, 3.8) is 0 Å². The van der Waals surface area contributed by atoms with E-state index in [1.165, 1.54) is 0 Å². The van der Waals surface area contributed by atoms with Gasteiger partial charge in [0.2, 0.25) is 5.91 Å². The molecule has 0 bridgehead atoms. The van der Waals surface area contributed by atoms with Crippen LogP contribution in [-0.4, -0.2) is 31.6 Å². The number of esters is 1. The number of benzene rings is 1. The minimum atomic E-state index is -0.463. The summed E-state index contributed by atoms with van der Waals surface area (Å²) in [4.78, 5) is 23.3. The Morgan fingerprint density at radius 3 is 2.79 bits per heavy atom. The van der Waals surface area contributed by atoms with Gasteiger partial charge in [0.1, 0.15) is 0 Å². The molecule has 0 saturated heterocycles. The molecule has 100 valence electrons. The van der Waals surface area contributed by atoms with Crippen molar-refractivity contribution in [2.75, 3.05) is 25.0 Å². The van der Waals surface area contributed by atoms with Gasteiger partial charge in [0.15, 0.2) is 0 Å². The van der Waals surface area contributed by atoms with Crippen molar-refractivity contribution >= 4 is 17.6 Å². The number of terminal acetylenes is 1. The molecule has 1 amide bonds. The van der Waals surface area contributed by atoms with E-state index in [0.717, 1.165) is 0 Å². The molecule has 0 aliphatic carbocycles. The second kappa shape index (κ2) is 7.90. The van der Waals surface area contributed by atoms with Gasteiger partial charge < -0.3 is 10.1 Å². The fourth-order valence-electron chi connectivity index (χ4n) is 1.42. The van der Waals surface area contributed by atoms with Crippen LogP contribution in [0.3, 0.4) is 0 Å². The number of amides is 1. The van der Waals surface area contributed by atoms with E-state index in [9.17, 15) is 9.59 Å². The summed E-state index contributed by atoms with van der Waals surface area (Å²) < 4.78 is 4.92. The first-order valence-corrected chi connectivity index (χ1v) is 5.89. The summed E-state index contributed by atoms with van der Waals surface area (Å²) in [5.41, 5.74) is 0.753. The third kappa shape index (κ3) is 4.82. The molecule has 0 heterocycles. The number of hydrogen-bond donors (Lipinski definition) is 2. The molecular weight excluding hydrogens is 244 g/mol. The standard InChI is InChI=1S/C14H16N2O3/c1-3-9-15-10-13(17)16-12-8-6-5-7-11(12)14(18)19-4-2/h1,5-8,15H,4,9-10H2,2H3,(H,16,17). The molecule has 2 N–H and O–H groups in total. The molecule has 0 aliphatic heterocycles. The van der Waals surface area contributed by atoms with Gasteiger partial charge in [0, 0.05) is 0 Å². The Morgan fingerprint density at radius 1 is 1.37 bits per heavy atom. The van der Waals surface area contributed by atoms with Crippen molar-refractivity contribution in [2.24, 2.45) is 0 Å². The topological polar surface area (TPSA) is 67.4 Å². The Kier molecular flexibility index (Phi) is 6.13. The minimum Gasteiger partial charge on any atom is -0.462 e. The lowest BCUT2D eigenvalue weighted by molar-refractivity contribution is -0.115. The molecule has 0 radical (unpaired) electrons. The molecule has 0 fully saturated rings. The normalized spacial score (nSPS) is 9.47. The molecule has 0 atom stereocenters. The SMILES string of the molecule is C#CCNCC(=O)Nc1ccccc1C(=O)OCC. The Bertz CT molecular complexity index is 492. The van der Waals surface area contributed by atoms with Crippen molar-refractivity contribution in [3.05, 3.63) is 29.8 Å². The first-order valence-electron chi connectivity index (χ1n) is 5.89. The fourth-order valence-corrected chi connectivity index (χ4v) is 1.42. The Labute approximate surface area is 112 Å². The summed E-state index contributed by atoms with van der Waals surface area (Å²) in [5, 5.41) is 5.40. The second-order valence-corrected chi connectivity index (χ2v) is 3.62. The molecule has 1 aromatic rings. The van der Waals surface area contributed by atoms with Crippen LogP contribution in [0.15, 0.2) is 24.3 Å². The predicted molar refractivity (Wildman–Crippen MR) is 72.7 cm³/mol. The van der Waals surface area contributed by atoms with E-state index in [-0.39, 0.29) is 19.1 Å². The number of rotatable bonds is 6. The first-order chi connectivity index (χ1) is 9.19. The molecule has 0 saturated carbocycles. The average Bonchev–Trinajstić information content (AvgIpc) is 2.40. The summed E-state index contributed by atoms with van der Waals surface area (Å²) in [6.45, 7) is 2.40. The van der Waals surface area contributed by atoms with Crippen molar-refractivity contribution in [1.82, 2.24) is 5.32 Å². The van der Waals surface area contributed by atoms with Crippen LogP contribution in [0, 0.1) is 12.3 Å². The molecule has 5 nitrogen and oxygen atoms in total. The predicted octanol–water partition coefficient (Wildman–Crippen LogP) is 1.02. The molecule has 0 unspecified atom stereocenters. The smallest absolute Gasteiger partial charge is 0.340 e. The first kappa shape index (κ1) is 14.7. The summed E-state index contributed by atoms with van der Waals surface area (Å²) in [7, 11) is 0. The number of anilines is 1. The lowest BCUT2D eigenvalue weighted by Gasteiger charge is -2.10. The minimum absolute atomic E-state index is 0.0847. The highest BCUT2D eigenvalue weighted by Crippen LogP contribution is 2.15. The summed E-state index contributed by atoms with van der Waals surface area (Å²) in [5.74, 6) is 1.63. The summed E-state index contributed by atoms with van der Waals surface area (Å²) in [6, 6.07) is 6.68. The number of para-hydroxylation sites is 1.